The zero-order valence-corrected chi connectivity index (χ0v) is 14.3. The van der Waals surface area contributed by atoms with Gasteiger partial charge in [0.15, 0.2) is 0 Å². The van der Waals surface area contributed by atoms with Crippen molar-refractivity contribution >= 4 is 5.91 Å². The van der Waals surface area contributed by atoms with E-state index in [4.69, 9.17) is 9.47 Å². The van der Waals surface area contributed by atoms with Crippen LogP contribution in [0.5, 0.6) is 0 Å². The van der Waals surface area contributed by atoms with Crippen LogP contribution in [0, 0.1) is 11.7 Å². The van der Waals surface area contributed by atoms with Crippen molar-refractivity contribution in [3.8, 4) is 0 Å². The largest absolute Gasteiger partial charge is 0.375 e. The van der Waals surface area contributed by atoms with Crippen molar-refractivity contribution in [2.75, 3.05) is 19.8 Å². The highest BCUT2D eigenvalue weighted by Gasteiger charge is 2.44. The van der Waals surface area contributed by atoms with Crippen molar-refractivity contribution in [1.82, 2.24) is 9.88 Å². The molecule has 0 unspecified atom stereocenters. The van der Waals surface area contributed by atoms with Gasteiger partial charge in [0.25, 0.3) is 0 Å². The minimum Gasteiger partial charge on any atom is -0.375 e. The van der Waals surface area contributed by atoms with Gasteiger partial charge in [-0.2, -0.15) is 0 Å². The Morgan fingerprint density at radius 2 is 2.29 bits per heavy atom. The van der Waals surface area contributed by atoms with E-state index in [1.54, 1.807) is 6.07 Å². The van der Waals surface area contributed by atoms with Gasteiger partial charge in [-0.25, -0.2) is 4.39 Å². The number of morpholine rings is 1. The molecular weight excluding hydrogens is 311 g/mol. The van der Waals surface area contributed by atoms with E-state index in [-0.39, 0.29) is 30.6 Å². The Kier molecular flexibility index (Phi) is 5.46. The maximum Gasteiger partial charge on any atom is 0.229 e. The monoisotopic (exact) mass is 336 g/mol. The van der Waals surface area contributed by atoms with Gasteiger partial charge in [-0.3, -0.25) is 9.78 Å². The molecule has 0 bridgehead atoms. The fourth-order valence-corrected chi connectivity index (χ4v) is 3.49. The Balaban J connectivity index is 1.61. The highest BCUT2D eigenvalue weighted by Crippen LogP contribution is 2.32. The number of carbonyl (C=O) groups excluding carboxylic acids is 1. The lowest BCUT2D eigenvalue weighted by Gasteiger charge is -2.39. The zero-order chi connectivity index (χ0) is 17.1. The lowest BCUT2D eigenvalue weighted by molar-refractivity contribution is -0.151. The van der Waals surface area contributed by atoms with Gasteiger partial charge in [0.1, 0.15) is 11.9 Å². The summed E-state index contributed by atoms with van der Waals surface area (Å²) in [6.45, 7) is 6.09. The number of fused-ring (bicyclic) bond motifs is 1. The number of hydrogen-bond donors (Lipinski definition) is 0. The number of ether oxygens (including phenoxy) is 2. The second-order valence-corrected chi connectivity index (χ2v) is 6.98. The maximum atomic E-state index is 12.9. The van der Waals surface area contributed by atoms with Crippen molar-refractivity contribution < 1.29 is 18.7 Å². The Bertz CT molecular complexity index is 564. The zero-order valence-electron chi connectivity index (χ0n) is 14.3. The fourth-order valence-electron chi connectivity index (χ4n) is 3.49. The third-order valence-corrected chi connectivity index (χ3v) is 4.62. The molecule has 2 fully saturated rings. The fraction of sp³-hybridized carbons (Fsp3) is 0.667. The first-order valence-electron chi connectivity index (χ1n) is 8.67. The SMILES string of the molecule is CC(C)CO[C@@H]1CC[C@H]2[C@H]1OCCN2C(=O)Cc1ccc(F)cn1. The highest BCUT2D eigenvalue weighted by atomic mass is 19.1. The molecule has 1 aliphatic carbocycles. The van der Waals surface area contributed by atoms with Crippen LogP contribution < -0.4 is 0 Å². The number of halogens is 1. The number of rotatable bonds is 5. The summed E-state index contributed by atoms with van der Waals surface area (Å²) in [4.78, 5) is 18.5. The van der Waals surface area contributed by atoms with E-state index in [0.717, 1.165) is 19.0 Å². The summed E-state index contributed by atoms with van der Waals surface area (Å²) in [6.07, 6.45) is 3.19. The van der Waals surface area contributed by atoms with Crippen molar-refractivity contribution in [3.63, 3.8) is 0 Å². The molecule has 5 nitrogen and oxygen atoms in total. The topological polar surface area (TPSA) is 51.7 Å². The Hall–Kier alpha value is -1.53. The predicted octanol–water partition coefficient (Wildman–Crippen LogP) is 2.19. The van der Waals surface area contributed by atoms with Crippen LogP contribution in [0.1, 0.15) is 32.4 Å². The van der Waals surface area contributed by atoms with E-state index in [2.05, 4.69) is 18.8 Å². The van der Waals surface area contributed by atoms with E-state index in [1.165, 1.54) is 6.07 Å². The molecular formula is C18H25FN2O3. The molecule has 0 N–H and O–H groups in total. The Labute approximate surface area is 142 Å². The number of nitrogens with zero attached hydrogens (tertiary/aromatic N) is 2. The predicted molar refractivity (Wildman–Crippen MR) is 87.0 cm³/mol. The Morgan fingerprint density at radius 3 is 3.00 bits per heavy atom. The lowest BCUT2D eigenvalue weighted by Crippen LogP contribution is -2.54. The van der Waals surface area contributed by atoms with Crippen LogP contribution in [0.4, 0.5) is 4.39 Å². The minimum atomic E-state index is -0.390. The number of carbonyl (C=O) groups is 1. The molecule has 1 amide bonds. The molecule has 1 aromatic rings. The van der Waals surface area contributed by atoms with Crippen LogP contribution in [0.25, 0.3) is 0 Å². The molecule has 1 saturated carbocycles. The summed E-state index contributed by atoms with van der Waals surface area (Å²) in [7, 11) is 0. The summed E-state index contributed by atoms with van der Waals surface area (Å²) >= 11 is 0. The molecule has 2 aliphatic rings. The summed E-state index contributed by atoms with van der Waals surface area (Å²) in [5.41, 5.74) is 0.593. The average molecular weight is 336 g/mol. The molecule has 0 aromatic carbocycles. The molecule has 1 saturated heterocycles. The quantitative estimate of drug-likeness (QED) is 0.827. The van der Waals surface area contributed by atoms with E-state index in [0.29, 0.717) is 31.4 Å². The van der Waals surface area contributed by atoms with Gasteiger partial charge in [-0.1, -0.05) is 13.8 Å². The molecule has 3 rings (SSSR count). The third-order valence-electron chi connectivity index (χ3n) is 4.62. The van der Waals surface area contributed by atoms with Crippen LogP contribution in [0.3, 0.4) is 0 Å². The van der Waals surface area contributed by atoms with E-state index >= 15 is 0 Å². The first kappa shape index (κ1) is 17.3. The second kappa shape index (κ2) is 7.57. The highest BCUT2D eigenvalue weighted by molar-refractivity contribution is 5.79. The van der Waals surface area contributed by atoms with Gasteiger partial charge >= 0.3 is 0 Å². The van der Waals surface area contributed by atoms with Crippen LogP contribution in [-0.2, 0) is 20.7 Å². The van der Waals surface area contributed by atoms with Crippen molar-refractivity contribution in [3.05, 3.63) is 29.8 Å². The lowest BCUT2D eigenvalue weighted by atomic mass is 10.1. The first-order valence-corrected chi connectivity index (χ1v) is 8.67. The summed E-state index contributed by atoms with van der Waals surface area (Å²) in [6, 6.07) is 2.97. The number of hydrogen-bond acceptors (Lipinski definition) is 4. The molecule has 6 heteroatoms. The summed E-state index contributed by atoms with van der Waals surface area (Å²) in [5, 5.41) is 0. The number of aromatic nitrogens is 1. The maximum absolute atomic E-state index is 12.9. The normalized spacial score (nSPS) is 26.7. The van der Waals surface area contributed by atoms with Crippen molar-refractivity contribution in [2.24, 2.45) is 5.92 Å². The van der Waals surface area contributed by atoms with Gasteiger partial charge in [0, 0.05) is 18.8 Å². The first-order chi connectivity index (χ1) is 11.5. The molecule has 24 heavy (non-hydrogen) atoms. The standard InChI is InChI=1S/C18H25FN2O3/c1-12(2)11-24-16-6-5-15-18(16)23-8-7-21(15)17(22)9-14-4-3-13(19)10-20-14/h3-4,10,12,15-16,18H,5-9,11H2,1-2H3/t15-,16+,18+/m0/s1. The van der Waals surface area contributed by atoms with Gasteiger partial charge in [-0.05, 0) is 30.9 Å². The van der Waals surface area contributed by atoms with Crippen LogP contribution in [0.15, 0.2) is 18.3 Å². The van der Waals surface area contributed by atoms with Crippen molar-refractivity contribution in [1.29, 1.82) is 0 Å². The van der Waals surface area contributed by atoms with E-state index < -0.39 is 5.82 Å². The van der Waals surface area contributed by atoms with Gasteiger partial charge < -0.3 is 14.4 Å². The molecule has 3 atom stereocenters. The minimum absolute atomic E-state index is 0.0249. The van der Waals surface area contributed by atoms with Crippen LogP contribution in [0.2, 0.25) is 0 Å². The second-order valence-electron chi connectivity index (χ2n) is 6.98. The number of amides is 1. The molecule has 1 aliphatic heterocycles. The molecule has 0 radical (unpaired) electrons. The van der Waals surface area contributed by atoms with Crippen molar-refractivity contribution in [2.45, 2.75) is 51.4 Å². The van der Waals surface area contributed by atoms with E-state index in [9.17, 15) is 9.18 Å². The van der Waals surface area contributed by atoms with Crippen LogP contribution >= 0.6 is 0 Å². The van der Waals surface area contributed by atoms with Crippen LogP contribution in [-0.4, -0.2) is 53.8 Å². The average Bonchev–Trinajstić information content (AvgIpc) is 2.98. The molecule has 1 aromatic heterocycles. The van der Waals surface area contributed by atoms with Gasteiger partial charge in [0.2, 0.25) is 5.91 Å². The number of pyridine rings is 1. The third kappa shape index (κ3) is 3.92. The molecule has 2 heterocycles. The van der Waals surface area contributed by atoms with E-state index in [1.807, 2.05) is 4.90 Å². The molecule has 132 valence electrons. The Morgan fingerprint density at radius 1 is 1.46 bits per heavy atom. The summed E-state index contributed by atoms with van der Waals surface area (Å²) in [5.74, 6) is 0.116. The van der Waals surface area contributed by atoms with Gasteiger partial charge in [-0.15, -0.1) is 0 Å². The summed E-state index contributed by atoms with van der Waals surface area (Å²) < 4.78 is 24.8. The smallest absolute Gasteiger partial charge is 0.229 e. The molecule has 0 spiro atoms. The van der Waals surface area contributed by atoms with Gasteiger partial charge in [0.05, 0.1) is 31.4 Å².